The molecular weight excluding hydrogens is 344 g/mol. The molecule has 0 bridgehead atoms. The lowest BCUT2D eigenvalue weighted by atomic mass is 10.00. The molecule has 0 atom stereocenters. The van der Waals surface area contributed by atoms with Crippen molar-refractivity contribution in [2.75, 3.05) is 30.4 Å². The number of anilines is 1. The van der Waals surface area contributed by atoms with Crippen molar-refractivity contribution in [2.45, 2.75) is 25.7 Å². The van der Waals surface area contributed by atoms with Crippen molar-refractivity contribution in [3.8, 4) is 11.5 Å². The molecule has 0 aromatic heterocycles. The highest BCUT2D eigenvalue weighted by Gasteiger charge is 2.23. The number of benzene rings is 1. The molecular formula is C17H22N2O5S. The molecule has 0 saturated heterocycles. The molecule has 0 unspecified atom stereocenters. The summed E-state index contributed by atoms with van der Waals surface area (Å²) < 4.78 is 35.9. The average Bonchev–Trinajstić information content (AvgIpc) is 3.05. The summed E-state index contributed by atoms with van der Waals surface area (Å²) in [5.74, 6) is 0.694. The van der Waals surface area contributed by atoms with Crippen molar-refractivity contribution in [2.24, 2.45) is 0 Å². The third-order valence-corrected chi connectivity index (χ3v) is 5.37. The fraction of sp³-hybridized carbons (Fsp3) is 0.471. The summed E-state index contributed by atoms with van der Waals surface area (Å²) in [7, 11) is -3.61. The molecule has 8 heteroatoms. The van der Waals surface area contributed by atoms with Gasteiger partial charge in [0.2, 0.25) is 22.7 Å². The zero-order valence-electron chi connectivity index (χ0n) is 14.2. The first-order valence-corrected chi connectivity index (χ1v) is 10.1. The van der Waals surface area contributed by atoms with Gasteiger partial charge in [0.1, 0.15) is 6.54 Å². The second-order valence-corrected chi connectivity index (χ2v) is 8.10. The molecule has 1 aromatic carbocycles. The Bertz CT molecular complexity index is 788. The normalized spacial score (nSPS) is 16.3. The molecule has 0 radical (unpaired) electrons. The number of amides is 1. The zero-order valence-corrected chi connectivity index (χ0v) is 15.0. The van der Waals surface area contributed by atoms with Gasteiger partial charge >= 0.3 is 0 Å². The summed E-state index contributed by atoms with van der Waals surface area (Å²) in [6, 6.07) is 4.81. The lowest BCUT2D eigenvalue weighted by Crippen LogP contribution is -2.41. The van der Waals surface area contributed by atoms with E-state index in [-0.39, 0.29) is 19.2 Å². The van der Waals surface area contributed by atoms with E-state index in [0.29, 0.717) is 23.7 Å². The van der Waals surface area contributed by atoms with E-state index >= 15 is 0 Å². The van der Waals surface area contributed by atoms with Crippen LogP contribution in [-0.2, 0) is 14.8 Å². The summed E-state index contributed by atoms with van der Waals surface area (Å²) in [6.45, 7) is 0.302. The lowest BCUT2D eigenvalue weighted by Gasteiger charge is -2.22. The Balaban J connectivity index is 1.69. The molecule has 1 heterocycles. The van der Waals surface area contributed by atoms with Crippen LogP contribution in [0.4, 0.5) is 5.69 Å². The van der Waals surface area contributed by atoms with Gasteiger partial charge < -0.3 is 14.8 Å². The fourth-order valence-corrected chi connectivity index (χ4v) is 3.75. The molecule has 0 fully saturated rings. The second kappa shape index (κ2) is 7.35. The van der Waals surface area contributed by atoms with Crippen LogP contribution < -0.4 is 19.1 Å². The maximum Gasteiger partial charge on any atom is 0.241 e. The first-order chi connectivity index (χ1) is 11.9. The highest BCUT2D eigenvalue weighted by Crippen LogP contribution is 2.36. The molecule has 0 saturated carbocycles. The van der Waals surface area contributed by atoms with Gasteiger partial charge in [0.15, 0.2) is 11.5 Å². The Morgan fingerprint density at radius 3 is 2.76 bits per heavy atom. The van der Waals surface area contributed by atoms with Crippen molar-refractivity contribution >= 4 is 21.6 Å². The molecule has 3 rings (SSSR count). The number of hydrogen-bond donors (Lipinski definition) is 1. The number of allylic oxidation sites excluding steroid dienone is 1. The molecule has 1 N–H and O–H groups in total. The maximum atomic E-state index is 12.2. The Morgan fingerprint density at radius 2 is 2.04 bits per heavy atom. The molecule has 136 valence electrons. The molecule has 1 aromatic rings. The highest BCUT2D eigenvalue weighted by atomic mass is 32.2. The van der Waals surface area contributed by atoms with E-state index in [1.54, 1.807) is 18.2 Å². The maximum absolute atomic E-state index is 12.2. The first kappa shape index (κ1) is 17.6. The summed E-state index contributed by atoms with van der Waals surface area (Å²) >= 11 is 0. The molecule has 1 aliphatic carbocycles. The van der Waals surface area contributed by atoms with Crippen molar-refractivity contribution in [1.29, 1.82) is 0 Å². The van der Waals surface area contributed by atoms with Crippen molar-refractivity contribution < 1.29 is 22.7 Å². The van der Waals surface area contributed by atoms with Gasteiger partial charge in [0.05, 0.1) is 11.9 Å². The van der Waals surface area contributed by atoms with E-state index in [4.69, 9.17) is 9.47 Å². The van der Waals surface area contributed by atoms with Crippen LogP contribution in [0, 0.1) is 0 Å². The number of nitrogens with zero attached hydrogens (tertiary/aromatic N) is 1. The van der Waals surface area contributed by atoms with Gasteiger partial charge in [-0.2, -0.15) is 0 Å². The van der Waals surface area contributed by atoms with Gasteiger partial charge in [-0.3, -0.25) is 9.10 Å². The number of carbonyl (C=O) groups excluding carboxylic acids is 1. The van der Waals surface area contributed by atoms with E-state index < -0.39 is 10.0 Å². The SMILES string of the molecule is CS(=O)(=O)N(CC(=O)NCC1=CCCCC1)c1ccc2c(c1)OCO2. The minimum atomic E-state index is -3.61. The van der Waals surface area contributed by atoms with Gasteiger partial charge in [0, 0.05) is 12.6 Å². The van der Waals surface area contributed by atoms with Crippen molar-refractivity contribution in [3.63, 3.8) is 0 Å². The van der Waals surface area contributed by atoms with Crippen LogP contribution in [0.3, 0.4) is 0 Å². The summed E-state index contributed by atoms with van der Waals surface area (Å²) in [5, 5.41) is 2.81. The van der Waals surface area contributed by atoms with E-state index in [2.05, 4.69) is 11.4 Å². The summed E-state index contributed by atoms with van der Waals surface area (Å²) in [6.07, 6.45) is 7.57. The molecule has 25 heavy (non-hydrogen) atoms. The van der Waals surface area contributed by atoms with Crippen LogP contribution in [0.2, 0.25) is 0 Å². The second-order valence-electron chi connectivity index (χ2n) is 6.19. The van der Waals surface area contributed by atoms with Gasteiger partial charge in [0.25, 0.3) is 0 Å². The average molecular weight is 366 g/mol. The van der Waals surface area contributed by atoms with Crippen LogP contribution in [0.1, 0.15) is 25.7 Å². The minimum absolute atomic E-state index is 0.104. The lowest BCUT2D eigenvalue weighted by molar-refractivity contribution is -0.119. The summed E-state index contributed by atoms with van der Waals surface area (Å²) in [4.78, 5) is 12.2. The Hall–Kier alpha value is -2.22. The van der Waals surface area contributed by atoms with E-state index in [0.717, 1.165) is 29.8 Å². The van der Waals surface area contributed by atoms with E-state index in [1.165, 1.54) is 12.0 Å². The molecule has 0 spiro atoms. The number of sulfonamides is 1. The molecule has 2 aliphatic rings. The van der Waals surface area contributed by atoms with E-state index in [9.17, 15) is 13.2 Å². The Labute approximate surface area is 147 Å². The van der Waals surface area contributed by atoms with Crippen LogP contribution in [0.15, 0.2) is 29.8 Å². The van der Waals surface area contributed by atoms with Gasteiger partial charge in [-0.05, 0) is 37.8 Å². The van der Waals surface area contributed by atoms with Crippen molar-refractivity contribution in [1.82, 2.24) is 5.32 Å². The topological polar surface area (TPSA) is 84.9 Å². The molecule has 1 aliphatic heterocycles. The number of carbonyl (C=O) groups is 1. The predicted molar refractivity (Wildman–Crippen MR) is 94.3 cm³/mol. The highest BCUT2D eigenvalue weighted by molar-refractivity contribution is 7.92. The van der Waals surface area contributed by atoms with Gasteiger partial charge in [-0.25, -0.2) is 8.42 Å². The third-order valence-electron chi connectivity index (χ3n) is 4.23. The number of nitrogens with one attached hydrogen (secondary N) is 1. The standard InChI is InChI=1S/C17H22N2O5S/c1-25(21,22)19(14-7-8-15-16(9-14)24-12-23-15)11-17(20)18-10-13-5-3-2-4-6-13/h5,7-9H,2-4,6,10-12H2,1H3,(H,18,20). The summed E-state index contributed by atoms with van der Waals surface area (Å²) in [5.41, 5.74) is 1.58. The third kappa shape index (κ3) is 4.45. The first-order valence-electron chi connectivity index (χ1n) is 8.25. The quantitative estimate of drug-likeness (QED) is 0.776. The van der Waals surface area contributed by atoms with Crippen LogP contribution in [0.25, 0.3) is 0 Å². The number of rotatable bonds is 6. The monoisotopic (exact) mass is 366 g/mol. The van der Waals surface area contributed by atoms with Crippen molar-refractivity contribution in [3.05, 3.63) is 29.8 Å². The largest absolute Gasteiger partial charge is 0.454 e. The zero-order chi connectivity index (χ0) is 17.9. The van der Waals surface area contributed by atoms with E-state index in [1.807, 2.05) is 0 Å². The Kier molecular flexibility index (Phi) is 5.17. The van der Waals surface area contributed by atoms with Crippen LogP contribution in [0.5, 0.6) is 11.5 Å². The van der Waals surface area contributed by atoms with Gasteiger partial charge in [-0.1, -0.05) is 11.6 Å². The molecule has 7 nitrogen and oxygen atoms in total. The smallest absolute Gasteiger partial charge is 0.241 e. The van der Waals surface area contributed by atoms with Gasteiger partial charge in [-0.15, -0.1) is 0 Å². The number of hydrogen-bond acceptors (Lipinski definition) is 5. The molecule has 1 amide bonds. The number of ether oxygens (including phenoxy) is 2. The number of fused-ring (bicyclic) bond motifs is 1. The fourth-order valence-electron chi connectivity index (χ4n) is 2.90. The van der Waals surface area contributed by atoms with Crippen LogP contribution >= 0.6 is 0 Å². The minimum Gasteiger partial charge on any atom is -0.454 e. The Morgan fingerprint density at radius 1 is 1.24 bits per heavy atom. The van der Waals surface area contributed by atoms with Crippen LogP contribution in [-0.4, -0.2) is 40.5 Å². The predicted octanol–water partition coefficient (Wildman–Crippen LogP) is 1.80.